The minimum atomic E-state index is -3.42. The molecule has 0 aliphatic rings. The van der Waals surface area contributed by atoms with E-state index in [1.54, 1.807) is 24.3 Å². The van der Waals surface area contributed by atoms with Crippen molar-refractivity contribution in [1.82, 2.24) is 0 Å². The summed E-state index contributed by atoms with van der Waals surface area (Å²) in [6, 6.07) is 6.39. The molecule has 0 saturated carbocycles. The average molecular weight is 277 g/mol. The van der Waals surface area contributed by atoms with Gasteiger partial charge in [0.1, 0.15) is 5.75 Å². The SMILES string of the molecule is NCCS(=O)(=O)CC(=O)Nc1ccc(Cl)cc1. The molecule has 0 spiro atoms. The van der Waals surface area contributed by atoms with Crippen LogP contribution in [-0.4, -0.2) is 32.4 Å². The van der Waals surface area contributed by atoms with Crippen molar-refractivity contribution in [2.45, 2.75) is 0 Å². The zero-order chi connectivity index (χ0) is 12.9. The fraction of sp³-hybridized carbons (Fsp3) is 0.300. The van der Waals surface area contributed by atoms with Crippen LogP contribution in [-0.2, 0) is 14.6 Å². The second-order valence-corrected chi connectivity index (χ2v) is 6.06. The van der Waals surface area contributed by atoms with Gasteiger partial charge in [-0.05, 0) is 24.3 Å². The highest BCUT2D eigenvalue weighted by Gasteiger charge is 2.15. The van der Waals surface area contributed by atoms with Crippen LogP contribution in [0.2, 0.25) is 5.02 Å². The highest BCUT2D eigenvalue weighted by molar-refractivity contribution is 7.92. The topological polar surface area (TPSA) is 89.3 Å². The number of rotatable bonds is 5. The molecule has 0 saturated heterocycles. The molecular formula is C10H13ClN2O3S. The van der Waals surface area contributed by atoms with Gasteiger partial charge in [0.15, 0.2) is 9.84 Å². The van der Waals surface area contributed by atoms with Gasteiger partial charge in [-0.2, -0.15) is 0 Å². The maximum Gasteiger partial charge on any atom is 0.239 e. The molecule has 1 aromatic carbocycles. The molecule has 94 valence electrons. The van der Waals surface area contributed by atoms with Crippen molar-refractivity contribution in [2.75, 3.05) is 23.4 Å². The molecule has 0 unspecified atom stereocenters. The number of halogens is 1. The summed E-state index contributed by atoms with van der Waals surface area (Å²) in [6.45, 7) is 0.0105. The zero-order valence-corrected chi connectivity index (χ0v) is 10.6. The highest BCUT2D eigenvalue weighted by atomic mass is 35.5. The molecule has 0 fully saturated rings. The number of benzene rings is 1. The van der Waals surface area contributed by atoms with E-state index in [2.05, 4.69) is 5.32 Å². The summed E-state index contributed by atoms with van der Waals surface area (Å²) in [6.07, 6.45) is 0. The Morgan fingerprint density at radius 2 is 1.88 bits per heavy atom. The van der Waals surface area contributed by atoms with Crippen molar-refractivity contribution in [2.24, 2.45) is 5.73 Å². The summed E-state index contributed by atoms with van der Waals surface area (Å²) in [5.74, 6) is -1.34. The average Bonchev–Trinajstić information content (AvgIpc) is 2.20. The van der Waals surface area contributed by atoms with Crippen molar-refractivity contribution in [3.63, 3.8) is 0 Å². The first-order valence-corrected chi connectivity index (χ1v) is 7.09. The van der Waals surface area contributed by atoms with Crippen LogP contribution in [0.5, 0.6) is 0 Å². The summed E-state index contributed by atoms with van der Waals surface area (Å²) in [4.78, 5) is 11.4. The number of sulfone groups is 1. The van der Waals surface area contributed by atoms with Gasteiger partial charge in [0.2, 0.25) is 5.91 Å². The maximum atomic E-state index is 11.4. The zero-order valence-electron chi connectivity index (χ0n) is 9.02. The predicted octanol–water partition coefficient (Wildman–Crippen LogP) is 0.652. The van der Waals surface area contributed by atoms with E-state index in [1.807, 2.05) is 0 Å². The lowest BCUT2D eigenvalue weighted by molar-refractivity contribution is -0.113. The molecule has 0 aliphatic carbocycles. The Labute approximate surface area is 105 Å². The fourth-order valence-electron chi connectivity index (χ4n) is 1.18. The molecule has 0 bridgehead atoms. The quantitative estimate of drug-likeness (QED) is 0.826. The summed E-state index contributed by atoms with van der Waals surface area (Å²) >= 11 is 5.67. The number of nitrogens with two attached hydrogens (primary N) is 1. The molecule has 0 aliphatic heterocycles. The van der Waals surface area contributed by atoms with Crippen LogP contribution in [0.25, 0.3) is 0 Å². The van der Waals surface area contributed by atoms with E-state index in [1.165, 1.54) is 0 Å². The second kappa shape index (κ2) is 6.00. The Morgan fingerprint density at radius 1 is 1.29 bits per heavy atom. The van der Waals surface area contributed by atoms with Gasteiger partial charge >= 0.3 is 0 Å². The van der Waals surface area contributed by atoms with Gasteiger partial charge < -0.3 is 11.1 Å². The number of nitrogens with one attached hydrogen (secondary N) is 1. The van der Waals surface area contributed by atoms with Crippen LogP contribution < -0.4 is 11.1 Å². The molecule has 0 atom stereocenters. The molecular weight excluding hydrogens is 264 g/mol. The van der Waals surface area contributed by atoms with Crippen molar-refractivity contribution < 1.29 is 13.2 Å². The van der Waals surface area contributed by atoms with Gasteiger partial charge in [0, 0.05) is 17.3 Å². The number of hydrogen-bond donors (Lipinski definition) is 2. The monoisotopic (exact) mass is 276 g/mol. The third-order valence-electron chi connectivity index (χ3n) is 1.91. The molecule has 0 aromatic heterocycles. The van der Waals surface area contributed by atoms with Crippen LogP contribution in [0.3, 0.4) is 0 Å². The third kappa shape index (κ3) is 5.16. The van der Waals surface area contributed by atoms with Crippen LogP contribution in [0.15, 0.2) is 24.3 Å². The van der Waals surface area contributed by atoms with Crippen LogP contribution in [0.4, 0.5) is 5.69 Å². The maximum absolute atomic E-state index is 11.4. The van der Waals surface area contributed by atoms with Gasteiger partial charge in [-0.1, -0.05) is 11.6 Å². The number of amides is 1. The Hall–Kier alpha value is -1.11. The molecule has 1 amide bonds. The van der Waals surface area contributed by atoms with E-state index in [-0.39, 0.29) is 12.3 Å². The normalized spacial score (nSPS) is 11.2. The Kier molecular flexibility index (Phi) is 4.92. The number of hydrogen-bond acceptors (Lipinski definition) is 4. The summed E-state index contributed by atoms with van der Waals surface area (Å²) in [5, 5.41) is 3.01. The first kappa shape index (κ1) is 14.0. The minimum Gasteiger partial charge on any atom is -0.329 e. The van der Waals surface area contributed by atoms with Gasteiger partial charge in [-0.3, -0.25) is 4.79 Å². The lowest BCUT2D eigenvalue weighted by Crippen LogP contribution is -2.27. The van der Waals surface area contributed by atoms with E-state index in [4.69, 9.17) is 17.3 Å². The highest BCUT2D eigenvalue weighted by Crippen LogP contribution is 2.13. The van der Waals surface area contributed by atoms with E-state index < -0.39 is 21.5 Å². The predicted molar refractivity (Wildman–Crippen MR) is 67.8 cm³/mol. The minimum absolute atomic E-state index is 0.0105. The Balaban J connectivity index is 2.59. The van der Waals surface area contributed by atoms with Crippen LogP contribution in [0, 0.1) is 0 Å². The first-order chi connectivity index (χ1) is 7.93. The molecule has 7 heteroatoms. The fourth-order valence-corrected chi connectivity index (χ4v) is 2.28. The Bertz CT molecular complexity index is 485. The lowest BCUT2D eigenvalue weighted by Gasteiger charge is -2.05. The van der Waals surface area contributed by atoms with Crippen LogP contribution in [0.1, 0.15) is 0 Å². The van der Waals surface area contributed by atoms with Gasteiger partial charge in [0.25, 0.3) is 0 Å². The molecule has 1 aromatic rings. The van der Waals surface area contributed by atoms with Crippen molar-refractivity contribution in [3.8, 4) is 0 Å². The first-order valence-electron chi connectivity index (χ1n) is 4.89. The van der Waals surface area contributed by atoms with Crippen LogP contribution >= 0.6 is 11.6 Å². The van der Waals surface area contributed by atoms with Crippen molar-refractivity contribution >= 4 is 33.0 Å². The van der Waals surface area contributed by atoms with Gasteiger partial charge in [-0.25, -0.2) is 8.42 Å². The molecule has 3 N–H and O–H groups in total. The standard InChI is InChI=1S/C10H13ClN2O3S/c11-8-1-3-9(4-2-8)13-10(14)7-17(15,16)6-5-12/h1-4H,5-7,12H2,(H,13,14). The molecule has 17 heavy (non-hydrogen) atoms. The molecule has 0 radical (unpaired) electrons. The summed E-state index contributed by atoms with van der Waals surface area (Å²) < 4.78 is 22.6. The summed E-state index contributed by atoms with van der Waals surface area (Å²) in [5.41, 5.74) is 5.64. The van der Waals surface area contributed by atoms with E-state index in [0.717, 1.165) is 0 Å². The summed E-state index contributed by atoms with van der Waals surface area (Å²) in [7, 11) is -3.42. The smallest absolute Gasteiger partial charge is 0.239 e. The van der Waals surface area contributed by atoms with E-state index >= 15 is 0 Å². The van der Waals surface area contributed by atoms with Crippen molar-refractivity contribution in [1.29, 1.82) is 0 Å². The second-order valence-electron chi connectivity index (χ2n) is 3.44. The number of carbonyl (C=O) groups is 1. The number of carbonyl (C=O) groups excluding carboxylic acids is 1. The van der Waals surface area contributed by atoms with Gasteiger partial charge in [-0.15, -0.1) is 0 Å². The lowest BCUT2D eigenvalue weighted by atomic mass is 10.3. The van der Waals surface area contributed by atoms with Gasteiger partial charge in [0.05, 0.1) is 5.75 Å². The third-order valence-corrected chi connectivity index (χ3v) is 3.72. The molecule has 1 rings (SSSR count). The van der Waals surface area contributed by atoms with E-state index in [0.29, 0.717) is 10.7 Å². The number of anilines is 1. The Morgan fingerprint density at radius 3 is 2.41 bits per heavy atom. The van der Waals surface area contributed by atoms with Crippen molar-refractivity contribution in [3.05, 3.63) is 29.3 Å². The largest absolute Gasteiger partial charge is 0.329 e. The molecule has 5 nitrogen and oxygen atoms in total. The van der Waals surface area contributed by atoms with E-state index in [9.17, 15) is 13.2 Å². The molecule has 0 heterocycles.